The standard InChI is InChI=1S/C39H75O8P.C16H36N/c1-4-7-9-11-13-15-17-19-20-22-24-26-28-30-32-34-39(41)47-37(36-46-48(42,43)45-6-3)35-44-38(40)33-31-29-27-25-23-21-18-16-14-12-10-8-5-2;1-5-9-13-17(14-10-6-2,15-11-7-3)16-12-8-4/h19-20,37H,4-18,21-36H2,1-3H3,(H,42,43);5-16H2,1-4H3/q;+1/p-1/t37-;/m1./s1. The number of phosphoric acid groups is 1. The predicted molar refractivity (Wildman–Crippen MR) is 275 cm³/mol. The molecular formula is C55H110NO8P. The number of phosphoric ester groups is 1. The lowest BCUT2D eigenvalue weighted by Crippen LogP contribution is -2.50. The Labute approximate surface area is 404 Å². The van der Waals surface area contributed by atoms with Crippen LogP contribution < -0.4 is 4.89 Å². The Morgan fingerprint density at radius 1 is 0.446 bits per heavy atom. The molecule has 0 aliphatic carbocycles. The second kappa shape index (κ2) is 50.6. The zero-order valence-electron chi connectivity index (χ0n) is 44.3. The van der Waals surface area contributed by atoms with Gasteiger partial charge in [0.05, 0.1) is 39.4 Å². The van der Waals surface area contributed by atoms with Gasteiger partial charge in [-0.05, 0) is 71.1 Å². The van der Waals surface area contributed by atoms with Crippen LogP contribution in [0.4, 0.5) is 0 Å². The Morgan fingerprint density at radius 2 is 0.785 bits per heavy atom. The molecule has 0 fully saturated rings. The van der Waals surface area contributed by atoms with Crippen molar-refractivity contribution in [3.63, 3.8) is 0 Å². The number of rotatable bonds is 49. The number of carbonyl (C=O) groups is 2. The minimum Gasteiger partial charge on any atom is -0.756 e. The summed E-state index contributed by atoms with van der Waals surface area (Å²) in [4.78, 5) is 36.7. The summed E-state index contributed by atoms with van der Waals surface area (Å²) in [5.74, 6) is -0.836. The van der Waals surface area contributed by atoms with E-state index in [0.29, 0.717) is 6.42 Å². The molecule has 388 valence electrons. The largest absolute Gasteiger partial charge is 0.756 e. The van der Waals surface area contributed by atoms with Crippen molar-refractivity contribution in [3.05, 3.63) is 12.2 Å². The van der Waals surface area contributed by atoms with E-state index in [0.717, 1.165) is 51.4 Å². The average molecular weight is 944 g/mol. The maximum absolute atomic E-state index is 12.5. The van der Waals surface area contributed by atoms with E-state index in [1.54, 1.807) is 0 Å². The molecule has 0 radical (unpaired) electrons. The highest BCUT2D eigenvalue weighted by Gasteiger charge is 2.25. The fourth-order valence-corrected chi connectivity index (χ4v) is 9.00. The molecule has 2 atom stereocenters. The van der Waals surface area contributed by atoms with Crippen LogP contribution in [0.5, 0.6) is 0 Å². The van der Waals surface area contributed by atoms with Crippen LogP contribution in [-0.4, -0.2) is 68.5 Å². The number of quaternary nitrogens is 1. The van der Waals surface area contributed by atoms with Gasteiger partial charge in [-0.3, -0.25) is 14.2 Å². The molecule has 0 aromatic heterocycles. The molecule has 0 aromatic rings. The summed E-state index contributed by atoms with van der Waals surface area (Å²) in [5, 5.41) is 0. The highest BCUT2D eigenvalue weighted by atomic mass is 31.2. The summed E-state index contributed by atoms with van der Waals surface area (Å²) in [6.07, 6.45) is 46.3. The number of hydrogen-bond acceptors (Lipinski definition) is 8. The summed E-state index contributed by atoms with van der Waals surface area (Å²) >= 11 is 0. The molecule has 0 N–H and O–H groups in total. The Bertz CT molecular complexity index is 1050. The van der Waals surface area contributed by atoms with E-state index in [-0.39, 0.29) is 32.0 Å². The predicted octanol–water partition coefficient (Wildman–Crippen LogP) is 16.5. The van der Waals surface area contributed by atoms with E-state index >= 15 is 0 Å². The van der Waals surface area contributed by atoms with Crippen LogP contribution in [0.25, 0.3) is 0 Å². The number of unbranched alkanes of at least 4 members (excludes halogenated alkanes) is 27. The highest BCUT2D eigenvalue weighted by molar-refractivity contribution is 7.45. The monoisotopic (exact) mass is 944 g/mol. The third kappa shape index (κ3) is 47.6. The minimum atomic E-state index is -4.52. The lowest BCUT2D eigenvalue weighted by atomic mass is 10.0. The van der Waals surface area contributed by atoms with Crippen molar-refractivity contribution in [2.45, 2.75) is 286 Å². The molecule has 9 nitrogen and oxygen atoms in total. The molecule has 10 heteroatoms. The van der Waals surface area contributed by atoms with Crippen LogP contribution in [0, 0.1) is 0 Å². The SMILES string of the molecule is CCCCCCCCC=CCCCCCCCC(=O)O[C@H](COC(=O)CCCCCCCCCCCCCCC)COP(=O)([O-])OCC.CCCC[N+](CCCC)(CCCC)CCCC. The zero-order valence-corrected chi connectivity index (χ0v) is 45.2. The fraction of sp³-hybridized carbons (Fsp3) is 0.927. The van der Waals surface area contributed by atoms with Gasteiger partial charge in [0.15, 0.2) is 6.10 Å². The van der Waals surface area contributed by atoms with Gasteiger partial charge >= 0.3 is 11.9 Å². The third-order valence-corrected chi connectivity index (χ3v) is 13.5. The summed E-state index contributed by atoms with van der Waals surface area (Å²) in [7, 11) is -4.52. The molecule has 0 heterocycles. The van der Waals surface area contributed by atoms with Gasteiger partial charge in [-0.2, -0.15) is 0 Å². The van der Waals surface area contributed by atoms with Crippen LogP contribution in [0.2, 0.25) is 0 Å². The second-order valence-corrected chi connectivity index (χ2v) is 20.3. The van der Waals surface area contributed by atoms with Crippen molar-refractivity contribution in [1.29, 1.82) is 0 Å². The van der Waals surface area contributed by atoms with Crippen LogP contribution in [0.3, 0.4) is 0 Å². The molecule has 0 aromatic carbocycles. The fourth-order valence-electron chi connectivity index (χ4n) is 8.26. The molecular weight excluding hydrogens is 834 g/mol. The van der Waals surface area contributed by atoms with Gasteiger partial charge in [0.25, 0.3) is 7.82 Å². The topological polar surface area (TPSA) is 111 Å². The van der Waals surface area contributed by atoms with Crippen molar-refractivity contribution in [3.8, 4) is 0 Å². The van der Waals surface area contributed by atoms with E-state index in [1.165, 1.54) is 198 Å². The number of allylic oxidation sites excluding steroid dienone is 2. The smallest absolute Gasteiger partial charge is 0.306 e. The molecule has 0 bridgehead atoms. The first-order chi connectivity index (χ1) is 31.6. The zero-order chi connectivity index (χ0) is 48.4. The molecule has 0 amide bonds. The number of nitrogens with zero attached hydrogens (tertiary/aromatic N) is 1. The van der Waals surface area contributed by atoms with E-state index in [2.05, 4.69) is 58.2 Å². The number of hydrogen-bond donors (Lipinski definition) is 0. The summed E-state index contributed by atoms with van der Waals surface area (Å²) in [6.45, 7) is 20.3. The first-order valence-corrected chi connectivity index (χ1v) is 29.5. The van der Waals surface area contributed by atoms with Gasteiger partial charge < -0.3 is 27.9 Å². The normalized spacial score (nSPS) is 13.1. The Hall–Kier alpha value is -1.25. The molecule has 0 aliphatic rings. The molecule has 65 heavy (non-hydrogen) atoms. The Kier molecular flexibility index (Phi) is 51.3. The average Bonchev–Trinajstić information content (AvgIpc) is 3.29. The van der Waals surface area contributed by atoms with Crippen LogP contribution >= 0.6 is 7.82 Å². The minimum absolute atomic E-state index is 0.0607. The summed E-state index contributed by atoms with van der Waals surface area (Å²) in [5.41, 5.74) is 0. The van der Waals surface area contributed by atoms with Crippen LogP contribution in [0.1, 0.15) is 280 Å². The Morgan fingerprint density at radius 3 is 1.15 bits per heavy atom. The molecule has 0 saturated carbocycles. The molecule has 0 spiro atoms. The van der Waals surface area contributed by atoms with Crippen LogP contribution in [0.15, 0.2) is 12.2 Å². The maximum atomic E-state index is 12.5. The van der Waals surface area contributed by atoms with Gasteiger partial charge in [0.1, 0.15) is 6.61 Å². The first-order valence-electron chi connectivity index (χ1n) is 28.0. The lowest BCUT2D eigenvalue weighted by Gasteiger charge is -2.39. The van der Waals surface area contributed by atoms with Gasteiger partial charge in [-0.1, -0.05) is 208 Å². The molecule has 0 aliphatic heterocycles. The highest BCUT2D eigenvalue weighted by Crippen LogP contribution is 2.38. The van der Waals surface area contributed by atoms with Crippen molar-refractivity contribution in [2.24, 2.45) is 0 Å². The quantitative estimate of drug-likeness (QED) is 0.0195. The van der Waals surface area contributed by atoms with E-state index in [9.17, 15) is 19.0 Å². The molecule has 0 rings (SSSR count). The van der Waals surface area contributed by atoms with E-state index < -0.39 is 26.5 Å². The maximum Gasteiger partial charge on any atom is 0.306 e. The van der Waals surface area contributed by atoms with Gasteiger partial charge in [0, 0.05) is 12.8 Å². The third-order valence-electron chi connectivity index (χ3n) is 12.5. The number of ether oxygens (including phenoxy) is 2. The van der Waals surface area contributed by atoms with E-state index in [1.807, 2.05) is 0 Å². The molecule has 1 unspecified atom stereocenters. The summed E-state index contributed by atoms with van der Waals surface area (Å²) in [6, 6.07) is 0. The van der Waals surface area contributed by atoms with Crippen LogP contribution in [-0.2, 0) is 32.7 Å². The second-order valence-electron chi connectivity index (χ2n) is 18.9. The van der Waals surface area contributed by atoms with Crippen molar-refractivity contribution in [1.82, 2.24) is 0 Å². The Balaban J connectivity index is 0. The summed E-state index contributed by atoms with van der Waals surface area (Å²) < 4.78 is 33.6. The van der Waals surface area contributed by atoms with Crippen molar-refractivity contribution in [2.75, 3.05) is 46.0 Å². The van der Waals surface area contributed by atoms with E-state index in [4.69, 9.17) is 14.0 Å². The van der Waals surface area contributed by atoms with Gasteiger partial charge in [-0.15, -0.1) is 0 Å². The van der Waals surface area contributed by atoms with Gasteiger partial charge in [0.2, 0.25) is 0 Å². The first kappa shape index (κ1) is 65.8. The molecule has 0 saturated heterocycles. The van der Waals surface area contributed by atoms with Crippen molar-refractivity contribution >= 4 is 19.8 Å². The van der Waals surface area contributed by atoms with Crippen molar-refractivity contribution < 1.29 is 42.1 Å². The number of carbonyl (C=O) groups excluding carboxylic acids is 2. The van der Waals surface area contributed by atoms with Gasteiger partial charge in [-0.25, -0.2) is 0 Å². The lowest BCUT2D eigenvalue weighted by molar-refractivity contribution is -0.929. The number of esters is 2.